The van der Waals surface area contributed by atoms with Crippen molar-refractivity contribution in [1.29, 1.82) is 5.26 Å². The fraction of sp³-hybridized carbons (Fsp3) is 0.391. The van der Waals surface area contributed by atoms with E-state index in [-0.39, 0.29) is 12.2 Å². The fourth-order valence-corrected chi connectivity index (χ4v) is 3.09. The van der Waals surface area contributed by atoms with Crippen LogP contribution >= 0.6 is 0 Å². The summed E-state index contributed by atoms with van der Waals surface area (Å²) < 4.78 is 7.61. The van der Waals surface area contributed by atoms with Crippen molar-refractivity contribution in [3.05, 3.63) is 63.5 Å². The van der Waals surface area contributed by atoms with Crippen LogP contribution < -0.4 is 0 Å². The summed E-state index contributed by atoms with van der Waals surface area (Å²) in [7, 11) is 0. The molecule has 2 rings (SSSR count). The Balaban J connectivity index is 2.20. The van der Waals surface area contributed by atoms with Crippen LogP contribution in [0.2, 0.25) is 0 Å². The Kier molecular flexibility index (Phi) is 6.63. The topological polar surface area (TPSA) is 55.0 Å². The SMILES string of the molecule is Cc1ccc(C)c(COC(=O)/C(C#N)=C/c2cc(C)n(CC(C)C)c2C)c1. The lowest BCUT2D eigenvalue weighted by Crippen LogP contribution is -2.08. The van der Waals surface area contributed by atoms with E-state index in [0.717, 1.165) is 40.2 Å². The van der Waals surface area contributed by atoms with E-state index >= 15 is 0 Å². The fourth-order valence-electron chi connectivity index (χ4n) is 3.09. The highest BCUT2D eigenvalue weighted by molar-refractivity contribution is 5.98. The number of nitrogens with zero attached hydrogens (tertiary/aromatic N) is 2. The number of ether oxygens (including phenoxy) is 1. The zero-order chi connectivity index (χ0) is 20.1. The molecule has 0 bridgehead atoms. The first-order valence-corrected chi connectivity index (χ1v) is 9.24. The second-order valence-electron chi connectivity index (χ2n) is 7.51. The Labute approximate surface area is 162 Å². The predicted octanol–water partition coefficient (Wildman–Crippen LogP) is 5.03. The number of hydrogen-bond donors (Lipinski definition) is 0. The van der Waals surface area contributed by atoms with E-state index in [1.807, 2.05) is 58.0 Å². The van der Waals surface area contributed by atoms with Gasteiger partial charge in [0.05, 0.1) is 0 Å². The minimum absolute atomic E-state index is 0.0186. The summed E-state index contributed by atoms with van der Waals surface area (Å²) in [4.78, 5) is 12.4. The Morgan fingerprint density at radius 1 is 1.22 bits per heavy atom. The molecule has 1 aromatic heterocycles. The maximum atomic E-state index is 12.4. The summed E-state index contributed by atoms with van der Waals surface area (Å²) in [6.07, 6.45) is 1.63. The molecule has 0 amide bonds. The number of nitriles is 1. The van der Waals surface area contributed by atoms with Crippen molar-refractivity contribution in [2.24, 2.45) is 5.92 Å². The van der Waals surface area contributed by atoms with Crippen LogP contribution in [0, 0.1) is 44.9 Å². The highest BCUT2D eigenvalue weighted by atomic mass is 16.5. The van der Waals surface area contributed by atoms with Crippen LogP contribution in [-0.2, 0) is 22.7 Å². The molecule has 0 radical (unpaired) electrons. The summed E-state index contributed by atoms with van der Waals surface area (Å²) >= 11 is 0. The maximum Gasteiger partial charge on any atom is 0.349 e. The van der Waals surface area contributed by atoms with Crippen LogP contribution in [0.1, 0.15) is 47.5 Å². The summed E-state index contributed by atoms with van der Waals surface area (Å²) in [6.45, 7) is 13.4. The third-order valence-corrected chi connectivity index (χ3v) is 4.66. The first-order valence-electron chi connectivity index (χ1n) is 9.24. The number of carbonyl (C=O) groups excluding carboxylic acids is 1. The first kappa shape index (κ1) is 20.5. The molecule has 0 spiro atoms. The zero-order valence-electron chi connectivity index (χ0n) is 17.1. The lowest BCUT2D eigenvalue weighted by atomic mass is 10.1. The standard InChI is InChI=1S/C23H28N2O2/c1-15(2)13-25-18(5)10-20(19(25)6)11-21(12-24)23(26)27-14-22-9-16(3)7-8-17(22)4/h7-11,15H,13-14H2,1-6H3/b21-11+. The number of aromatic nitrogens is 1. The van der Waals surface area contributed by atoms with E-state index in [2.05, 4.69) is 18.4 Å². The quantitative estimate of drug-likeness (QED) is 0.410. The highest BCUT2D eigenvalue weighted by Crippen LogP contribution is 2.20. The molecule has 0 aliphatic heterocycles. The summed E-state index contributed by atoms with van der Waals surface area (Å²) in [5.41, 5.74) is 6.20. The lowest BCUT2D eigenvalue weighted by Gasteiger charge is -2.12. The van der Waals surface area contributed by atoms with E-state index in [1.165, 1.54) is 0 Å². The van der Waals surface area contributed by atoms with Crippen molar-refractivity contribution in [1.82, 2.24) is 4.57 Å². The molecule has 0 saturated carbocycles. The number of rotatable bonds is 6. The maximum absolute atomic E-state index is 12.4. The molecule has 4 nitrogen and oxygen atoms in total. The van der Waals surface area contributed by atoms with E-state index in [1.54, 1.807) is 6.08 Å². The highest BCUT2D eigenvalue weighted by Gasteiger charge is 2.15. The number of benzene rings is 1. The smallest absolute Gasteiger partial charge is 0.349 e. The third kappa shape index (κ3) is 5.10. The van der Waals surface area contributed by atoms with E-state index < -0.39 is 5.97 Å². The molecule has 0 saturated heterocycles. The van der Waals surface area contributed by atoms with Crippen LogP contribution in [0.5, 0.6) is 0 Å². The van der Waals surface area contributed by atoms with Crippen molar-refractivity contribution >= 4 is 12.0 Å². The van der Waals surface area contributed by atoms with Crippen molar-refractivity contribution in [3.8, 4) is 6.07 Å². The first-order chi connectivity index (χ1) is 12.7. The molecular formula is C23H28N2O2. The van der Waals surface area contributed by atoms with Gasteiger partial charge >= 0.3 is 5.97 Å². The average Bonchev–Trinajstić information content (AvgIpc) is 2.87. The zero-order valence-corrected chi connectivity index (χ0v) is 17.1. The summed E-state index contributed by atoms with van der Waals surface area (Å²) in [6, 6.07) is 10.0. The normalized spacial score (nSPS) is 11.6. The Morgan fingerprint density at radius 2 is 1.93 bits per heavy atom. The second-order valence-corrected chi connectivity index (χ2v) is 7.51. The molecule has 1 heterocycles. The van der Waals surface area contributed by atoms with Gasteiger partial charge < -0.3 is 9.30 Å². The van der Waals surface area contributed by atoms with Crippen LogP contribution in [0.3, 0.4) is 0 Å². The molecule has 0 fully saturated rings. The molecule has 0 aliphatic rings. The molecule has 0 unspecified atom stereocenters. The predicted molar refractivity (Wildman–Crippen MR) is 108 cm³/mol. The Morgan fingerprint density at radius 3 is 2.56 bits per heavy atom. The molecule has 0 atom stereocenters. The number of hydrogen-bond acceptors (Lipinski definition) is 3. The monoisotopic (exact) mass is 364 g/mol. The van der Waals surface area contributed by atoms with Crippen molar-refractivity contribution in [3.63, 3.8) is 0 Å². The van der Waals surface area contributed by atoms with Crippen molar-refractivity contribution in [2.75, 3.05) is 0 Å². The van der Waals surface area contributed by atoms with Crippen LogP contribution in [0.25, 0.3) is 6.08 Å². The van der Waals surface area contributed by atoms with Gasteiger partial charge in [-0.15, -0.1) is 0 Å². The minimum Gasteiger partial charge on any atom is -0.457 e. The van der Waals surface area contributed by atoms with E-state index in [0.29, 0.717) is 5.92 Å². The molecule has 27 heavy (non-hydrogen) atoms. The van der Waals surface area contributed by atoms with Crippen molar-refractivity contribution in [2.45, 2.75) is 54.7 Å². The van der Waals surface area contributed by atoms with Gasteiger partial charge in [-0.25, -0.2) is 4.79 Å². The van der Waals surface area contributed by atoms with Crippen LogP contribution in [0.15, 0.2) is 29.8 Å². The number of esters is 1. The van der Waals surface area contributed by atoms with Gasteiger partial charge in [0.25, 0.3) is 0 Å². The van der Waals surface area contributed by atoms with Crippen LogP contribution in [-0.4, -0.2) is 10.5 Å². The van der Waals surface area contributed by atoms with Gasteiger partial charge in [-0.05, 0) is 62.4 Å². The lowest BCUT2D eigenvalue weighted by molar-refractivity contribution is -0.139. The van der Waals surface area contributed by atoms with Gasteiger partial charge in [-0.2, -0.15) is 5.26 Å². The van der Waals surface area contributed by atoms with Crippen LogP contribution in [0.4, 0.5) is 0 Å². The average molecular weight is 364 g/mol. The van der Waals surface area contributed by atoms with E-state index in [4.69, 9.17) is 4.74 Å². The molecule has 4 heteroatoms. The summed E-state index contributed by atoms with van der Waals surface area (Å²) in [5, 5.41) is 9.44. The molecule has 1 aromatic carbocycles. The van der Waals surface area contributed by atoms with Gasteiger partial charge in [-0.1, -0.05) is 37.6 Å². The van der Waals surface area contributed by atoms with Gasteiger partial charge in [0.1, 0.15) is 18.2 Å². The Hall–Kier alpha value is -2.80. The molecule has 0 N–H and O–H groups in total. The van der Waals surface area contributed by atoms with E-state index in [9.17, 15) is 10.1 Å². The summed E-state index contributed by atoms with van der Waals surface area (Å²) in [5.74, 6) is -0.0725. The van der Waals surface area contributed by atoms with Gasteiger partial charge in [0, 0.05) is 17.9 Å². The Bertz CT molecular complexity index is 911. The third-order valence-electron chi connectivity index (χ3n) is 4.66. The minimum atomic E-state index is -0.591. The molecule has 142 valence electrons. The van der Waals surface area contributed by atoms with Gasteiger partial charge in [-0.3, -0.25) is 0 Å². The number of carbonyl (C=O) groups is 1. The van der Waals surface area contributed by atoms with Crippen molar-refractivity contribution < 1.29 is 9.53 Å². The molecule has 0 aliphatic carbocycles. The van der Waals surface area contributed by atoms with Gasteiger partial charge in [0.15, 0.2) is 0 Å². The number of aryl methyl sites for hydroxylation is 3. The largest absolute Gasteiger partial charge is 0.457 e. The molecular weight excluding hydrogens is 336 g/mol. The molecule has 2 aromatic rings. The second kappa shape index (κ2) is 8.73. The van der Waals surface area contributed by atoms with Gasteiger partial charge in [0.2, 0.25) is 0 Å².